The van der Waals surface area contributed by atoms with Crippen molar-refractivity contribution in [2.75, 3.05) is 37.9 Å². The summed E-state index contributed by atoms with van der Waals surface area (Å²) in [6, 6.07) is 23.5. The number of benzene rings is 3. The summed E-state index contributed by atoms with van der Waals surface area (Å²) >= 11 is 0. The predicted octanol–water partition coefficient (Wildman–Crippen LogP) is 6.46. The smallest absolute Gasteiger partial charge is 0.248 e. The Morgan fingerprint density at radius 2 is 1.88 bits per heavy atom. The van der Waals surface area contributed by atoms with Gasteiger partial charge in [-0.15, -0.1) is 0 Å². The molecule has 3 aromatic carbocycles. The van der Waals surface area contributed by atoms with Gasteiger partial charge < -0.3 is 24.7 Å². The van der Waals surface area contributed by atoms with Gasteiger partial charge in [0.05, 0.1) is 24.6 Å². The number of nitrogens with zero attached hydrogens (tertiary/aromatic N) is 3. The van der Waals surface area contributed by atoms with Crippen LogP contribution < -0.4 is 10.6 Å². The summed E-state index contributed by atoms with van der Waals surface area (Å²) in [5.41, 5.74) is 4.45. The second-order valence-electron chi connectivity index (χ2n) is 10.0. The van der Waals surface area contributed by atoms with Gasteiger partial charge in [-0.2, -0.15) is 0 Å². The number of nitrogens with one attached hydrogen (secondary N) is 2. The summed E-state index contributed by atoms with van der Waals surface area (Å²) in [6.07, 6.45) is 6.42. The number of rotatable bonds is 12. The summed E-state index contributed by atoms with van der Waals surface area (Å²) in [5.74, 6) is 0.0721. The zero-order valence-corrected chi connectivity index (χ0v) is 23.5. The average molecular weight is 566 g/mol. The Bertz CT molecular complexity index is 1670. The standard InChI is InChI=1S/C33H32FN5O3/c1-39(2)16-8-15-30(40)37-27-14-7-12-25(18-27)28-20-42-33-31(28)32(35-22-36-33)38-29(24-10-4-3-5-11-24)21-41-19-23-9-6-13-26(34)17-23/h3-15,17-18,20,22,29H,16,19,21H2,1-2H3,(H,37,40)(H,35,36,38)/b15-8+/t29-/m1/s1. The van der Waals surface area contributed by atoms with Gasteiger partial charge in [0.15, 0.2) is 0 Å². The fraction of sp³-hybridized carbons (Fsp3) is 0.182. The summed E-state index contributed by atoms with van der Waals surface area (Å²) in [7, 11) is 3.88. The van der Waals surface area contributed by atoms with E-state index < -0.39 is 0 Å². The lowest BCUT2D eigenvalue weighted by Gasteiger charge is -2.20. The van der Waals surface area contributed by atoms with Gasteiger partial charge in [-0.25, -0.2) is 14.4 Å². The fourth-order valence-electron chi connectivity index (χ4n) is 4.51. The Hall–Kier alpha value is -4.86. The van der Waals surface area contributed by atoms with E-state index in [1.165, 1.54) is 24.5 Å². The van der Waals surface area contributed by atoms with Crippen LogP contribution in [0.25, 0.3) is 22.2 Å². The predicted molar refractivity (Wildman–Crippen MR) is 162 cm³/mol. The topological polar surface area (TPSA) is 92.5 Å². The maximum atomic E-state index is 13.6. The molecule has 2 aromatic heterocycles. The minimum Gasteiger partial charge on any atom is -0.445 e. The van der Waals surface area contributed by atoms with Crippen LogP contribution in [-0.4, -0.2) is 48.0 Å². The monoisotopic (exact) mass is 565 g/mol. The Labute approximate surface area is 243 Å². The highest BCUT2D eigenvalue weighted by Crippen LogP contribution is 2.36. The van der Waals surface area contributed by atoms with Crippen molar-refractivity contribution >= 4 is 28.5 Å². The van der Waals surface area contributed by atoms with Crippen molar-refractivity contribution in [2.45, 2.75) is 12.6 Å². The van der Waals surface area contributed by atoms with Gasteiger partial charge >= 0.3 is 0 Å². The quantitative estimate of drug-likeness (QED) is 0.168. The molecule has 5 rings (SSSR count). The highest BCUT2D eigenvalue weighted by Gasteiger charge is 2.19. The van der Waals surface area contributed by atoms with E-state index in [-0.39, 0.29) is 24.4 Å². The molecule has 1 amide bonds. The molecular weight excluding hydrogens is 533 g/mol. The zero-order valence-electron chi connectivity index (χ0n) is 23.5. The zero-order chi connectivity index (χ0) is 29.3. The first-order valence-corrected chi connectivity index (χ1v) is 13.5. The van der Waals surface area contributed by atoms with Crippen LogP contribution in [0.5, 0.6) is 0 Å². The number of fused-ring (bicyclic) bond motifs is 1. The van der Waals surface area contributed by atoms with Crippen LogP contribution in [0, 0.1) is 5.82 Å². The molecule has 0 aliphatic heterocycles. The van der Waals surface area contributed by atoms with E-state index in [0.717, 1.165) is 22.3 Å². The highest BCUT2D eigenvalue weighted by molar-refractivity contribution is 6.02. The van der Waals surface area contributed by atoms with Crippen molar-refractivity contribution in [2.24, 2.45) is 0 Å². The van der Waals surface area contributed by atoms with Crippen LogP contribution >= 0.6 is 0 Å². The molecule has 5 aromatic rings. The molecule has 8 nitrogen and oxygen atoms in total. The fourth-order valence-corrected chi connectivity index (χ4v) is 4.51. The van der Waals surface area contributed by atoms with Crippen molar-refractivity contribution in [3.05, 3.63) is 121 Å². The van der Waals surface area contributed by atoms with Gasteiger partial charge in [0.25, 0.3) is 0 Å². The number of hydrogen-bond acceptors (Lipinski definition) is 7. The first kappa shape index (κ1) is 28.7. The molecular formula is C33H32FN5O3. The summed E-state index contributed by atoms with van der Waals surface area (Å²) in [5, 5.41) is 7.14. The van der Waals surface area contributed by atoms with Gasteiger partial charge in [-0.3, -0.25) is 4.79 Å². The molecule has 0 radical (unpaired) electrons. The summed E-state index contributed by atoms with van der Waals surface area (Å²) < 4.78 is 25.5. The van der Waals surface area contributed by atoms with E-state index in [9.17, 15) is 9.18 Å². The molecule has 0 spiro atoms. The van der Waals surface area contributed by atoms with E-state index in [1.54, 1.807) is 12.3 Å². The molecule has 0 saturated carbocycles. The number of ether oxygens (including phenoxy) is 1. The van der Waals surface area contributed by atoms with Gasteiger partial charge in [0.1, 0.15) is 24.2 Å². The third kappa shape index (κ3) is 7.45. The number of aromatic nitrogens is 2. The number of anilines is 2. The van der Waals surface area contributed by atoms with E-state index in [1.807, 2.05) is 85.7 Å². The highest BCUT2D eigenvalue weighted by atomic mass is 19.1. The number of hydrogen-bond donors (Lipinski definition) is 2. The van der Waals surface area contributed by atoms with Crippen LogP contribution in [0.15, 0.2) is 108 Å². The Balaban J connectivity index is 1.39. The second kappa shape index (κ2) is 13.7. The molecule has 42 heavy (non-hydrogen) atoms. The van der Waals surface area contributed by atoms with Gasteiger partial charge in [-0.1, -0.05) is 60.7 Å². The maximum absolute atomic E-state index is 13.6. The lowest BCUT2D eigenvalue weighted by atomic mass is 10.0. The van der Waals surface area contributed by atoms with Crippen molar-refractivity contribution in [1.82, 2.24) is 14.9 Å². The largest absolute Gasteiger partial charge is 0.445 e. The lowest BCUT2D eigenvalue weighted by Crippen LogP contribution is -2.18. The molecule has 0 bridgehead atoms. The van der Waals surface area contributed by atoms with Gasteiger partial charge in [-0.05, 0) is 55.1 Å². The number of halogens is 1. The number of carbonyl (C=O) groups excluding carboxylic acids is 1. The van der Waals surface area contributed by atoms with E-state index >= 15 is 0 Å². The van der Waals surface area contributed by atoms with Gasteiger partial charge in [0, 0.05) is 23.9 Å². The third-order valence-electron chi connectivity index (χ3n) is 6.51. The van der Waals surface area contributed by atoms with Crippen LogP contribution in [0.4, 0.5) is 15.9 Å². The molecule has 0 aliphatic rings. The molecule has 0 unspecified atom stereocenters. The molecule has 2 N–H and O–H groups in total. The van der Waals surface area contributed by atoms with E-state index in [2.05, 4.69) is 20.6 Å². The van der Waals surface area contributed by atoms with Gasteiger partial charge in [0.2, 0.25) is 11.6 Å². The molecule has 9 heteroatoms. The first-order valence-electron chi connectivity index (χ1n) is 13.5. The summed E-state index contributed by atoms with van der Waals surface area (Å²) in [6.45, 7) is 1.24. The molecule has 0 saturated heterocycles. The van der Waals surface area contributed by atoms with E-state index in [4.69, 9.17) is 9.15 Å². The SMILES string of the molecule is CN(C)C/C=C/C(=O)Nc1cccc(-c2coc3ncnc(N[C@H](COCc4cccc(F)c4)c4ccccc4)c23)c1. The van der Waals surface area contributed by atoms with Crippen LogP contribution in [0.2, 0.25) is 0 Å². The molecule has 214 valence electrons. The maximum Gasteiger partial charge on any atom is 0.248 e. The number of furan rings is 1. The molecule has 2 heterocycles. The minimum absolute atomic E-state index is 0.208. The number of carbonyl (C=O) groups is 1. The molecule has 1 atom stereocenters. The molecule has 0 aliphatic carbocycles. The summed E-state index contributed by atoms with van der Waals surface area (Å²) in [4.78, 5) is 23.3. The van der Waals surface area contributed by atoms with Crippen LogP contribution in [0.1, 0.15) is 17.2 Å². The Kier molecular flexibility index (Phi) is 9.33. The molecule has 0 fully saturated rings. The van der Waals surface area contributed by atoms with Crippen LogP contribution in [0.3, 0.4) is 0 Å². The Morgan fingerprint density at radius 3 is 2.69 bits per heavy atom. The minimum atomic E-state index is -0.297. The average Bonchev–Trinajstić information content (AvgIpc) is 3.42. The first-order chi connectivity index (χ1) is 20.5. The van der Waals surface area contributed by atoms with Crippen LogP contribution in [-0.2, 0) is 16.1 Å². The van der Waals surface area contributed by atoms with Crippen molar-refractivity contribution in [3.63, 3.8) is 0 Å². The normalized spacial score (nSPS) is 12.2. The number of amides is 1. The second-order valence-corrected chi connectivity index (χ2v) is 10.0. The van der Waals surface area contributed by atoms with E-state index in [0.29, 0.717) is 35.8 Å². The van der Waals surface area contributed by atoms with Crippen molar-refractivity contribution in [3.8, 4) is 11.1 Å². The number of likely N-dealkylation sites (N-methyl/N-ethyl adjacent to an activating group) is 1. The van der Waals surface area contributed by atoms with Crippen molar-refractivity contribution in [1.29, 1.82) is 0 Å². The lowest BCUT2D eigenvalue weighted by molar-refractivity contribution is -0.111. The Morgan fingerprint density at radius 1 is 1.05 bits per heavy atom. The third-order valence-corrected chi connectivity index (χ3v) is 6.51. The van der Waals surface area contributed by atoms with Crippen molar-refractivity contribution < 1.29 is 18.3 Å².